The second kappa shape index (κ2) is 4.74. The quantitative estimate of drug-likeness (QED) is 0.813. The Balaban J connectivity index is 3.06. The van der Waals surface area contributed by atoms with E-state index in [1.54, 1.807) is 6.92 Å². The Morgan fingerprint density at radius 1 is 1.12 bits per heavy atom. The lowest BCUT2D eigenvalue weighted by Gasteiger charge is -2.07. The number of carboxylic acid groups (broad SMARTS) is 2. The highest BCUT2D eigenvalue weighted by molar-refractivity contribution is 5.72. The summed E-state index contributed by atoms with van der Waals surface area (Å²) in [6.45, 7) is 1.63. The van der Waals surface area contributed by atoms with Crippen molar-refractivity contribution in [3.63, 3.8) is 0 Å². The molecule has 86 valence electrons. The number of hydrogen-bond donors (Lipinski definition) is 2. The van der Waals surface area contributed by atoms with Crippen molar-refractivity contribution in [2.45, 2.75) is 19.8 Å². The fraction of sp³-hybridized carbons (Fsp3) is 0.273. The van der Waals surface area contributed by atoms with Gasteiger partial charge >= 0.3 is 11.9 Å². The average molecular weight is 226 g/mol. The molecule has 0 aromatic heterocycles. The predicted molar refractivity (Wildman–Crippen MR) is 53.8 cm³/mol. The third kappa shape index (κ3) is 3.05. The van der Waals surface area contributed by atoms with Crippen LogP contribution in [0.5, 0.6) is 0 Å². The van der Waals surface area contributed by atoms with E-state index >= 15 is 0 Å². The third-order valence-corrected chi connectivity index (χ3v) is 2.19. The Bertz CT molecular complexity index is 398. The monoisotopic (exact) mass is 226 g/mol. The summed E-state index contributed by atoms with van der Waals surface area (Å²) in [5, 5.41) is 17.1. The number of carbonyl (C=O) groups is 2. The molecule has 0 bridgehead atoms. The molecule has 0 saturated carbocycles. The molecule has 1 rings (SSSR count). The third-order valence-electron chi connectivity index (χ3n) is 2.19. The highest BCUT2D eigenvalue weighted by Crippen LogP contribution is 2.16. The van der Waals surface area contributed by atoms with E-state index in [9.17, 15) is 14.0 Å². The largest absolute Gasteiger partial charge is 0.481 e. The highest BCUT2D eigenvalue weighted by atomic mass is 19.1. The first kappa shape index (κ1) is 12.2. The van der Waals surface area contributed by atoms with Gasteiger partial charge in [-0.3, -0.25) is 9.59 Å². The Morgan fingerprint density at radius 3 is 2.12 bits per heavy atom. The lowest BCUT2D eigenvalue weighted by molar-refractivity contribution is -0.137. The second-order valence-electron chi connectivity index (χ2n) is 3.51. The minimum absolute atomic E-state index is 0.0686. The smallest absolute Gasteiger partial charge is 0.307 e. The first-order valence-electron chi connectivity index (χ1n) is 4.61. The fourth-order valence-corrected chi connectivity index (χ4v) is 1.43. The predicted octanol–water partition coefficient (Wildman–Crippen LogP) is 1.39. The molecule has 2 N–H and O–H groups in total. The van der Waals surface area contributed by atoms with Crippen LogP contribution in [-0.2, 0) is 22.4 Å². The lowest BCUT2D eigenvalue weighted by Crippen LogP contribution is -2.07. The number of hydrogen-bond acceptors (Lipinski definition) is 2. The Morgan fingerprint density at radius 2 is 1.62 bits per heavy atom. The second-order valence-corrected chi connectivity index (χ2v) is 3.51. The number of benzene rings is 1. The number of aliphatic carboxylic acids is 2. The van der Waals surface area contributed by atoms with Gasteiger partial charge in [-0.05, 0) is 29.7 Å². The van der Waals surface area contributed by atoms with Crippen LogP contribution in [0.15, 0.2) is 12.1 Å². The molecule has 0 saturated heterocycles. The van der Waals surface area contributed by atoms with Crippen LogP contribution >= 0.6 is 0 Å². The van der Waals surface area contributed by atoms with Crippen LogP contribution in [0.25, 0.3) is 0 Å². The van der Waals surface area contributed by atoms with Crippen molar-refractivity contribution in [2.24, 2.45) is 0 Å². The normalized spacial score (nSPS) is 10.1. The molecule has 0 amide bonds. The molecule has 0 fully saturated rings. The van der Waals surface area contributed by atoms with Crippen molar-refractivity contribution < 1.29 is 24.2 Å². The first-order valence-corrected chi connectivity index (χ1v) is 4.61. The van der Waals surface area contributed by atoms with E-state index in [-0.39, 0.29) is 12.0 Å². The molecule has 0 radical (unpaired) electrons. The van der Waals surface area contributed by atoms with Gasteiger partial charge in [0, 0.05) is 0 Å². The summed E-state index contributed by atoms with van der Waals surface area (Å²) in [5.41, 5.74) is 1.01. The van der Waals surface area contributed by atoms with E-state index in [1.807, 2.05) is 0 Å². The van der Waals surface area contributed by atoms with Crippen molar-refractivity contribution >= 4 is 11.9 Å². The van der Waals surface area contributed by atoms with Crippen LogP contribution in [0.4, 0.5) is 4.39 Å². The van der Waals surface area contributed by atoms with Crippen LogP contribution in [-0.4, -0.2) is 22.2 Å². The summed E-state index contributed by atoms with van der Waals surface area (Å²) < 4.78 is 13.4. The number of halogens is 1. The van der Waals surface area contributed by atoms with E-state index < -0.39 is 24.2 Å². The number of rotatable bonds is 4. The summed E-state index contributed by atoms with van der Waals surface area (Å²) in [5.74, 6) is -2.85. The first-order chi connectivity index (χ1) is 7.40. The van der Waals surface area contributed by atoms with E-state index in [0.717, 1.165) is 6.07 Å². The lowest BCUT2D eigenvalue weighted by atomic mass is 10.0. The van der Waals surface area contributed by atoms with Crippen LogP contribution < -0.4 is 0 Å². The fourth-order valence-electron chi connectivity index (χ4n) is 1.43. The maximum atomic E-state index is 13.4. The zero-order valence-electron chi connectivity index (χ0n) is 8.66. The summed E-state index contributed by atoms with van der Waals surface area (Å²) in [6.07, 6.45) is -0.671. The van der Waals surface area contributed by atoms with Gasteiger partial charge in [-0.15, -0.1) is 0 Å². The molecule has 1 aromatic rings. The minimum atomic E-state index is -1.12. The van der Waals surface area contributed by atoms with Crippen molar-refractivity contribution in [1.82, 2.24) is 0 Å². The van der Waals surface area contributed by atoms with E-state index in [0.29, 0.717) is 11.1 Å². The van der Waals surface area contributed by atoms with Gasteiger partial charge in [-0.1, -0.05) is 6.07 Å². The molecular formula is C11H11FO4. The van der Waals surface area contributed by atoms with Crippen LogP contribution in [0.2, 0.25) is 0 Å². The number of carboxylic acids is 2. The maximum Gasteiger partial charge on any atom is 0.307 e. The Kier molecular flexibility index (Phi) is 3.60. The molecule has 5 heteroatoms. The number of aryl methyl sites for hydroxylation is 1. The zero-order valence-corrected chi connectivity index (χ0v) is 8.66. The molecular weight excluding hydrogens is 215 g/mol. The molecule has 0 heterocycles. The minimum Gasteiger partial charge on any atom is -0.481 e. The average Bonchev–Trinajstić information content (AvgIpc) is 2.11. The molecule has 0 aliphatic heterocycles. The van der Waals surface area contributed by atoms with Gasteiger partial charge < -0.3 is 10.2 Å². The van der Waals surface area contributed by atoms with Crippen molar-refractivity contribution in [2.75, 3.05) is 0 Å². The van der Waals surface area contributed by atoms with Crippen LogP contribution in [0.3, 0.4) is 0 Å². The SMILES string of the molecule is Cc1cc(CC(=O)O)c(F)cc1CC(=O)O. The van der Waals surface area contributed by atoms with Gasteiger partial charge in [0.1, 0.15) is 5.82 Å². The highest BCUT2D eigenvalue weighted by Gasteiger charge is 2.12. The molecule has 0 unspecified atom stereocenters. The van der Waals surface area contributed by atoms with Crippen molar-refractivity contribution in [3.8, 4) is 0 Å². The topological polar surface area (TPSA) is 74.6 Å². The van der Waals surface area contributed by atoms with Crippen molar-refractivity contribution in [1.29, 1.82) is 0 Å². The summed E-state index contributed by atoms with van der Waals surface area (Å²) in [4.78, 5) is 20.9. The molecule has 0 atom stereocenters. The molecule has 0 aliphatic carbocycles. The maximum absolute atomic E-state index is 13.4. The standard InChI is InChI=1S/C11H11FO4/c1-6-2-8(5-11(15)16)9(12)3-7(6)4-10(13)14/h2-3H,4-5H2,1H3,(H,13,14)(H,15,16). The van der Waals surface area contributed by atoms with E-state index in [4.69, 9.17) is 10.2 Å². The molecule has 4 nitrogen and oxygen atoms in total. The van der Waals surface area contributed by atoms with Gasteiger partial charge in [-0.2, -0.15) is 0 Å². The zero-order chi connectivity index (χ0) is 12.3. The molecule has 0 aliphatic rings. The van der Waals surface area contributed by atoms with E-state index in [1.165, 1.54) is 6.07 Å². The van der Waals surface area contributed by atoms with E-state index in [2.05, 4.69) is 0 Å². The summed E-state index contributed by atoms with van der Waals surface area (Å²) >= 11 is 0. The molecule has 0 spiro atoms. The van der Waals surface area contributed by atoms with Gasteiger partial charge in [-0.25, -0.2) is 4.39 Å². The van der Waals surface area contributed by atoms with Gasteiger partial charge in [0.05, 0.1) is 12.8 Å². The van der Waals surface area contributed by atoms with Crippen LogP contribution in [0, 0.1) is 12.7 Å². The summed E-state index contributed by atoms with van der Waals surface area (Å²) in [6, 6.07) is 2.46. The summed E-state index contributed by atoms with van der Waals surface area (Å²) in [7, 11) is 0. The molecule has 16 heavy (non-hydrogen) atoms. The Labute approximate surface area is 91.3 Å². The van der Waals surface area contributed by atoms with Gasteiger partial charge in [0.2, 0.25) is 0 Å². The van der Waals surface area contributed by atoms with Crippen molar-refractivity contribution in [3.05, 3.63) is 34.6 Å². The van der Waals surface area contributed by atoms with Gasteiger partial charge in [0.15, 0.2) is 0 Å². The van der Waals surface area contributed by atoms with Crippen LogP contribution in [0.1, 0.15) is 16.7 Å². The Hall–Kier alpha value is -1.91. The molecule has 1 aromatic carbocycles. The van der Waals surface area contributed by atoms with Gasteiger partial charge in [0.25, 0.3) is 0 Å².